The zero-order chi connectivity index (χ0) is 20.1. The first-order valence-corrected chi connectivity index (χ1v) is 10.4. The highest BCUT2D eigenvalue weighted by Crippen LogP contribution is 2.32. The molecule has 0 spiro atoms. The summed E-state index contributed by atoms with van der Waals surface area (Å²) in [7, 11) is -4.00. The molecule has 0 unspecified atom stereocenters. The first kappa shape index (κ1) is 18.7. The predicted molar refractivity (Wildman–Crippen MR) is 97.1 cm³/mol. The normalized spacial score (nSPS) is 16.0. The number of aromatic nitrogens is 2. The molecule has 148 valence electrons. The Morgan fingerprint density at radius 3 is 2.50 bits per heavy atom. The molecule has 9 nitrogen and oxygen atoms in total. The van der Waals surface area contributed by atoms with E-state index in [0.29, 0.717) is 11.0 Å². The number of rotatable bonds is 4. The van der Waals surface area contributed by atoms with Crippen LogP contribution in [0.15, 0.2) is 34.7 Å². The second-order valence-electron chi connectivity index (χ2n) is 6.04. The van der Waals surface area contributed by atoms with Crippen molar-refractivity contribution in [2.75, 3.05) is 31.1 Å². The molecular weight excluding hydrogens is 416 g/mol. The van der Waals surface area contributed by atoms with E-state index in [1.165, 1.54) is 15.7 Å². The highest BCUT2D eigenvalue weighted by atomic mass is 32.2. The summed E-state index contributed by atoms with van der Waals surface area (Å²) in [5, 5.41) is 13.1. The third kappa shape index (κ3) is 3.00. The average Bonchev–Trinajstić information content (AvgIpc) is 3.24. The summed E-state index contributed by atoms with van der Waals surface area (Å²) in [5.41, 5.74) is 0. The van der Waals surface area contributed by atoms with Crippen LogP contribution in [0.2, 0.25) is 0 Å². The first-order chi connectivity index (χ1) is 13.3. The molecule has 0 aliphatic carbocycles. The molecule has 3 heterocycles. The fourth-order valence-electron chi connectivity index (χ4n) is 3.07. The van der Waals surface area contributed by atoms with Crippen LogP contribution in [0.3, 0.4) is 0 Å². The van der Waals surface area contributed by atoms with Gasteiger partial charge in [0.15, 0.2) is 11.6 Å². The van der Waals surface area contributed by atoms with Crippen molar-refractivity contribution in [1.82, 2.24) is 13.7 Å². The van der Waals surface area contributed by atoms with Crippen LogP contribution in [0.25, 0.3) is 4.96 Å². The predicted octanol–water partition coefficient (Wildman–Crippen LogP) is 2.09. The fraction of sp³-hybridized carbons (Fsp3) is 0.267. The molecule has 0 amide bonds. The van der Waals surface area contributed by atoms with E-state index >= 15 is 0 Å². The van der Waals surface area contributed by atoms with Crippen molar-refractivity contribution < 1.29 is 22.1 Å². The molecule has 28 heavy (non-hydrogen) atoms. The number of piperazine rings is 1. The first-order valence-electron chi connectivity index (χ1n) is 8.09. The molecule has 1 aliphatic heterocycles. The molecule has 1 aliphatic rings. The van der Waals surface area contributed by atoms with E-state index in [9.17, 15) is 27.3 Å². The van der Waals surface area contributed by atoms with Crippen molar-refractivity contribution in [3.63, 3.8) is 0 Å². The van der Waals surface area contributed by atoms with Crippen molar-refractivity contribution in [3.8, 4) is 0 Å². The number of halogens is 2. The number of nitrogens with zero attached hydrogens (tertiary/aromatic N) is 5. The van der Waals surface area contributed by atoms with E-state index < -0.39 is 26.6 Å². The Morgan fingerprint density at radius 1 is 1.14 bits per heavy atom. The monoisotopic (exact) mass is 429 g/mol. The summed E-state index contributed by atoms with van der Waals surface area (Å²) in [4.78, 5) is 17.0. The molecule has 3 aromatic rings. The van der Waals surface area contributed by atoms with Crippen LogP contribution >= 0.6 is 11.3 Å². The van der Waals surface area contributed by atoms with Crippen molar-refractivity contribution in [3.05, 3.63) is 51.5 Å². The highest BCUT2D eigenvalue weighted by Gasteiger charge is 2.34. The quantitative estimate of drug-likeness (QED) is 0.465. The number of nitro groups is 1. The number of hydrogen-bond donors (Lipinski definition) is 0. The number of hydrogen-bond acceptors (Lipinski definition) is 7. The van der Waals surface area contributed by atoms with Gasteiger partial charge in [0.25, 0.3) is 4.96 Å². The van der Waals surface area contributed by atoms with Crippen molar-refractivity contribution in [1.29, 1.82) is 0 Å². The van der Waals surface area contributed by atoms with Crippen LogP contribution in [0.5, 0.6) is 0 Å². The van der Waals surface area contributed by atoms with Crippen LogP contribution in [-0.4, -0.2) is 53.2 Å². The summed E-state index contributed by atoms with van der Waals surface area (Å²) in [6.45, 7) is 0.413. The van der Waals surface area contributed by atoms with E-state index in [1.54, 1.807) is 16.5 Å². The summed E-state index contributed by atoms with van der Waals surface area (Å²) < 4.78 is 54.3. The number of thiazole rings is 1. The third-order valence-corrected chi connectivity index (χ3v) is 7.11. The lowest BCUT2D eigenvalue weighted by Gasteiger charge is -2.33. The maximum atomic E-state index is 13.4. The second-order valence-corrected chi connectivity index (χ2v) is 8.85. The van der Waals surface area contributed by atoms with Crippen molar-refractivity contribution >= 4 is 38.0 Å². The number of benzene rings is 1. The molecule has 0 saturated carbocycles. The van der Waals surface area contributed by atoms with Gasteiger partial charge in [-0.25, -0.2) is 17.2 Å². The van der Waals surface area contributed by atoms with Crippen LogP contribution in [0.4, 0.5) is 20.4 Å². The Kier molecular flexibility index (Phi) is 4.51. The smallest absolute Gasteiger partial charge is 0.358 e. The summed E-state index contributed by atoms with van der Waals surface area (Å²) in [5.74, 6) is -2.36. The lowest BCUT2D eigenvalue weighted by atomic mass is 10.3. The Balaban J connectivity index is 1.56. The molecular formula is C15H13F2N5O4S2. The average molecular weight is 429 g/mol. The van der Waals surface area contributed by atoms with Crippen LogP contribution in [0, 0.1) is 21.7 Å². The number of sulfonamides is 1. The lowest BCUT2D eigenvalue weighted by molar-refractivity contribution is -0.389. The topological polar surface area (TPSA) is 101 Å². The summed E-state index contributed by atoms with van der Waals surface area (Å²) >= 11 is 1.26. The zero-order valence-corrected chi connectivity index (χ0v) is 15.8. The summed E-state index contributed by atoms with van der Waals surface area (Å²) in [6.07, 6.45) is 1.55. The fourth-order valence-corrected chi connectivity index (χ4v) is 5.21. The number of fused-ring (bicyclic) bond motifs is 1. The SMILES string of the molecule is O=[N+]([O-])c1c(N2CCN(S(=O)(=O)c3ccc(F)c(F)c3)CC2)nc2sccn12. The maximum absolute atomic E-state index is 13.4. The van der Waals surface area contributed by atoms with Gasteiger partial charge in [0.2, 0.25) is 15.8 Å². The third-order valence-electron chi connectivity index (χ3n) is 4.46. The molecule has 0 radical (unpaired) electrons. The Labute approximate surface area is 161 Å². The molecule has 0 N–H and O–H groups in total. The number of imidazole rings is 1. The molecule has 13 heteroatoms. The van der Waals surface area contributed by atoms with Crippen LogP contribution in [0.1, 0.15) is 0 Å². The van der Waals surface area contributed by atoms with Gasteiger partial charge in [0, 0.05) is 31.6 Å². The van der Waals surface area contributed by atoms with Gasteiger partial charge in [0.05, 0.1) is 4.90 Å². The number of anilines is 1. The van der Waals surface area contributed by atoms with E-state index in [0.717, 1.165) is 16.4 Å². The van der Waals surface area contributed by atoms with Gasteiger partial charge in [-0.3, -0.25) is 0 Å². The highest BCUT2D eigenvalue weighted by molar-refractivity contribution is 7.89. The van der Waals surface area contributed by atoms with Gasteiger partial charge in [-0.05, 0) is 23.1 Å². The van der Waals surface area contributed by atoms with Gasteiger partial charge in [-0.2, -0.15) is 13.7 Å². The molecule has 4 rings (SSSR count). The minimum Gasteiger partial charge on any atom is -0.358 e. The standard InChI is InChI=1S/C15H13F2N5O4S2/c16-11-2-1-10(9-12(11)17)28(25,26)20-5-3-19(4-6-20)13-14(22(23)24)21-7-8-27-15(21)18-13/h1-2,7-9H,3-6H2. The second kappa shape index (κ2) is 6.76. The Morgan fingerprint density at radius 2 is 1.86 bits per heavy atom. The van der Waals surface area contributed by atoms with Gasteiger partial charge in [-0.15, -0.1) is 0 Å². The van der Waals surface area contributed by atoms with Gasteiger partial charge in [-0.1, -0.05) is 11.3 Å². The molecule has 1 saturated heterocycles. The largest absolute Gasteiger partial charge is 0.373 e. The Hall–Kier alpha value is -2.64. The molecule has 1 aromatic carbocycles. The maximum Gasteiger partial charge on any atom is 0.373 e. The van der Waals surface area contributed by atoms with E-state index in [4.69, 9.17) is 0 Å². The molecule has 2 aromatic heterocycles. The molecule has 0 atom stereocenters. The van der Waals surface area contributed by atoms with E-state index in [2.05, 4.69) is 4.98 Å². The van der Waals surface area contributed by atoms with Crippen LogP contribution in [-0.2, 0) is 10.0 Å². The van der Waals surface area contributed by atoms with E-state index in [-0.39, 0.29) is 42.7 Å². The van der Waals surface area contributed by atoms with Crippen molar-refractivity contribution in [2.45, 2.75) is 4.90 Å². The van der Waals surface area contributed by atoms with Gasteiger partial charge < -0.3 is 15.0 Å². The van der Waals surface area contributed by atoms with Crippen LogP contribution < -0.4 is 4.90 Å². The minimum absolute atomic E-state index is 0.0314. The van der Waals surface area contributed by atoms with Gasteiger partial charge >= 0.3 is 5.82 Å². The summed E-state index contributed by atoms with van der Waals surface area (Å²) in [6, 6.07) is 2.42. The zero-order valence-electron chi connectivity index (χ0n) is 14.2. The minimum atomic E-state index is -4.00. The molecule has 1 fully saturated rings. The lowest BCUT2D eigenvalue weighted by Crippen LogP contribution is -2.49. The van der Waals surface area contributed by atoms with E-state index in [1.807, 2.05) is 0 Å². The Bertz CT molecular complexity index is 1170. The van der Waals surface area contributed by atoms with Gasteiger partial charge in [0.1, 0.15) is 6.20 Å². The molecule has 0 bridgehead atoms. The van der Waals surface area contributed by atoms with Crippen molar-refractivity contribution in [2.24, 2.45) is 0 Å².